The van der Waals surface area contributed by atoms with Gasteiger partial charge < -0.3 is 9.64 Å². The van der Waals surface area contributed by atoms with Gasteiger partial charge in [0.1, 0.15) is 11.3 Å². The predicted molar refractivity (Wildman–Crippen MR) is 157 cm³/mol. The van der Waals surface area contributed by atoms with Crippen LogP contribution in [0.2, 0.25) is 19.6 Å². The van der Waals surface area contributed by atoms with Gasteiger partial charge in [-0.2, -0.15) is 5.10 Å². The lowest BCUT2D eigenvalue weighted by Crippen LogP contribution is -2.42. The highest BCUT2D eigenvalue weighted by atomic mass is 28.3. The predicted octanol–water partition coefficient (Wildman–Crippen LogP) is 5.72. The summed E-state index contributed by atoms with van der Waals surface area (Å²) in [4.78, 5) is 23.5. The number of ether oxygens (including phenoxy) is 1. The van der Waals surface area contributed by atoms with Crippen molar-refractivity contribution in [2.45, 2.75) is 71.1 Å². The highest BCUT2D eigenvalue weighted by molar-refractivity contribution is 6.74. The van der Waals surface area contributed by atoms with Gasteiger partial charge in [0.2, 0.25) is 0 Å². The summed E-state index contributed by atoms with van der Waals surface area (Å²) >= 11 is 0. The molecule has 4 heterocycles. The summed E-state index contributed by atoms with van der Waals surface area (Å²) in [6.07, 6.45) is 11.9. The first-order valence-electron chi connectivity index (χ1n) is 13.8. The summed E-state index contributed by atoms with van der Waals surface area (Å²) < 4.78 is 9.46. The number of amides is 1. The number of benzene rings is 1. The van der Waals surface area contributed by atoms with Crippen LogP contribution in [0, 0.1) is 0 Å². The number of hydrogen-bond acceptors (Lipinski definition) is 7. The van der Waals surface area contributed by atoms with Gasteiger partial charge in [0, 0.05) is 60.1 Å². The van der Waals surface area contributed by atoms with Gasteiger partial charge >= 0.3 is 6.09 Å². The van der Waals surface area contributed by atoms with Crippen LogP contribution in [-0.4, -0.2) is 72.5 Å². The van der Waals surface area contributed by atoms with Gasteiger partial charge in [-0.25, -0.2) is 14.8 Å². The van der Waals surface area contributed by atoms with Crippen LogP contribution < -0.4 is 0 Å². The molecule has 0 bridgehead atoms. The zero-order valence-corrected chi connectivity index (χ0v) is 25.2. The Morgan fingerprint density at radius 2 is 1.68 bits per heavy atom. The van der Waals surface area contributed by atoms with Gasteiger partial charge in [-0.1, -0.05) is 43.1 Å². The fraction of sp³-hybridized carbons (Fsp3) is 0.448. The number of aromatic nitrogens is 7. The summed E-state index contributed by atoms with van der Waals surface area (Å²) in [6.45, 7) is 13.9. The van der Waals surface area contributed by atoms with E-state index in [1.165, 1.54) is 0 Å². The van der Waals surface area contributed by atoms with Crippen LogP contribution in [0.15, 0.2) is 55.2 Å². The number of likely N-dealkylation sites (tertiary alicyclic amines) is 1. The van der Waals surface area contributed by atoms with Crippen molar-refractivity contribution in [2.24, 2.45) is 0 Å². The Bertz CT molecular complexity index is 1460. The van der Waals surface area contributed by atoms with Crippen LogP contribution >= 0.6 is 0 Å². The highest BCUT2D eigenvalue weighted by Gasteiger charge is 2.28. The van der Waals surface area contributed by atoms with Gasteiger partial charge in [0.15, 0.2) is 5.82 Å². The minimum Gasteiger partial charge on any atom is -0.444 e. The van der Waals surface area contributed by atoms with Crippen molar-refractivity contribution in [3.8, 4) is 33.8 Å². The van der Waals surface area contributed by atoms with Crippen LogP contribution in [0.1, 0.15) is 39.7 Å². The Morgan fingerprint density at radius 3 is 2.35 bits per heavy atom. The normalized spacial score (nSPS) is 14.9. The zero-order valence-electron chi connectivity index (χ0n) is 24.2. The fourth-order valence-corrected chi connectivity index (χ4v) is 5.89. The third-order valence-corrected chi connectivity index (χ3v) is 7.94. The molecule has 1 aliphatic rings. The highest BCUT2D eigenvalue weighted by Crippen LogP contribution is 2.27. The van der Waals surface area contributed by atoms with Crippen molar-refractivity contribution in [3.63, 3.8) is 0 Å². The number of carbonyl (C=O) groups excluding carboxylic acids is 1. The van der Waals surface area contributed by atoms with Crippen molar-refractivity contribution >= 4 is 14.2 Å². The summed E-state index contributed by atoms with van der Waals surface area (Å²) in [5.74, 6) is 0.655. The maximum atomic E-state index is 12.4. The minimum atomic E-state index is -1.29. The first kappa shape index (κ1) is 27.7. The first-order valence-corrected chi connectivity index (χ1v) is 17.5. The van der Waals surface area contributed by atoms with E-state index in [-0.39, 0.29) is 12.1 Å². The summed E-state index contributed by atoms with van der Waals surface area (Å²) in [7, 11) is -1.29. The van der Waals surface area contributed by atoms with Crippen LogP contribution in [-0.2, 0) is 10.9 Å². The van der Waals surface area contributed by atoms with E-state index in [1.807, 2.05) is 79.3 Å². The maximum absolute atomic E-state index is 12.4. The molecule has 1 saturated heterocycles. The molecule has 0 atom stereocenters. The Hall–Kier alpha value is -3.86. The molecular formula is C29H38N8O2Si. The molecular weight excluding hydrogens is 520 g/mol. The van der Waals surface area contributed by atoms with E-state index in [1.54, 1.807) is 4.90 Å². The molecule has 40 heavy (non-hydrogen) atoms. The lowest BCUT2D eigenvalue weighted by atomic mass is 10.1. The van der Waals surface area contributed by atoms with Gasteiger partial charge in [-0.05, 0) is 39.7 Å². The second-order valence-corrected chi connectivity index (χ2v) is 18.1. The average Bonchev–Trinajstić information content (AvgIpc) is 3.57. The molecule has 0 N–H and O–H groups in total. The Balaban J connectivity index is 1.23. The zero-order chi connectivity index (χ0) is 28.5. The topological polar surface area (TPSA) is 104 Å². The van der Waals surface area contributed by atoms with Crippen molar-refractivity contribution in [1.29, 1.82) is 0 Å². The van der Waals surface area contributed by atoms with Gasteiger partial charge in [0.05, 0.1) is 26.5 Å². The molecule has 0 radical (unpaired) electrons. The lowest BCUT2D eigenvalue weighted by molar-refractivity contribution is 0.0185. The molecule has 0 aliphatic carbocycles. The van der Waals surface area contributed by atoms with E-state index in [4.69, 9.17) is 4.74 Å². The smallest absolute Gasteiger partial charge is 0.410 e. The first-order chi connectivity index (χ1) is 18.9. The van der Waals surface area contributed by atoms with Crippen molar-refractivity contribution < 1.29 is 9.53 Å². The van der Waals surface area contributed by atoms with E-state index in [2.05, 4.69) is 51.1 Å². The summed E-state index contributed by atoms with van der Waals surface area (Å²) in [5, 5.41) is 13.3. The minimum absolute atomic E-state index is 0.235. The molecule has 1 aliphatic heterocycles. The number of carbonyl (C=O) groups is 1. The quantitative estimate of drug-likeness (QED) is 0.279. The Kier molecular flexibility index (Phi) is 7.58. The standard InChI is InChI=1S/C29H38N8O2Si/c1-29(2,3)39-28(38)35-12-10-25(11-13-35)37-18-24(17-32-37)23-15-30-27(31-16-23)22-9-7-8-21(14-22)26-19-36(34-33-26)20-40(4,5)6/h7-9,14-19,25H,10-13,20H2,1-6H3. The summed E-state index contributed by atoms with van der Waals surface area (Å²) in [5.41, 5.74) is 4.16. The number of hydrogen-bond donors (Lipinski definition) is 0. The molecule has 10 nitrogen and oxygen atoms in total. The van der Waals surface area contributed by atoms with E-state index in [0.717, 1.165) is 47.0 Å². The van der Waals surface area contributed by atoms with E-state index in [9.17, 15) is 4.79 Å². The molecule has 0 spiro atoms. The molecule has 210 valence electrons. The second-order valence-electron chi connectivity index (χ2n) is 12.6. The van der Waals surface area contributed by atoms with Crippen molar-refractivity contribution in [2.75, 3.05) is 13.1 Å². The molecule has 1 amide bonds. The molecule has 0 saturated carbocycles. The van der Waals surface area contributed by atoms with Crippen LogP contribution in [0.3, 0.4) is 0 Å². The summed E-state index contributed by atoms with van der Waals surface area (Å²) in [6, 6.07) is 8.33. The maximum Gasteiger partial charge on any atom is 0.410 e. The molecule has 0 unspecified atom stereocenters. The van der Waals surface area contributed by atoms with E-state index >= 15 is 0 Å². The number of rotatable bonds is 6. The molecule has 11 heteroatoms. The van der Waals surface area contributed by atoms with E-state index < -0.39 is 13.7 Å². The second kappa shape index (κ2) is 11.0. The monoisotopic (exact) mass is 558 g/mol. The Labute approximate surface area is 236 Å². The third-order valence-electron chi connectivity index (χ3n) is 6.67. The molecule has 5 rings (SSSR count). The van der Waals surface area contributed by atoms with Gasteiger partial charge in [0.25, 0.3) is 0 Å². The molecule has 1 aromatic carbocycles. The van der Waals surface area contributed by atoms with Gasteiger partial charge in [-0.15, -0.1) is 5.10 Å². The Morgan fingerprint density at radius 1 is 0.975 bits per heavy atom. The fourth-order valence-electron chi connectivity index (χ4n) is 4.76. The molecule has 3 aromatic heterocycles. The lowest BCUT2D eigenvalue weighted by Gasteiger charge is -2.33. The van der Waals surface area contributed by atoms with Crippen LogP contribution in [0.5, 0.6) is 0 Å². The van der Waals surface area contributed by atoms with Crippen molar-refractivity contribution in [3.05, 3.63) is 55.2 Å². The van der Waals surface area contributed by atoms with Gasteiger partial charge in [-0.3, -0.25) is 9.36 Å². The number of nitrogens with zero attached hydrogens (tertiary/aromatic N) is 8. The SMILES string of the molecule is CC(C)(C)OC(=O)N1CCC(n2cc(-c3cnc(-c4cccc(-c5cn(C[Si](C)(C)C)nn5)c4)nc3)cn2)CC1. The van der Waals surface area contributed by atoms with Crippen LogP contribution in [0.4, 0.5) is 4.79 Å². The molecule has 4 aromatic rings. The van der Waals surface area contributed by atoms with Crippen LogP contribution in [0.25, 0.3) is 33.8 Å². The largest absolute Gasteiger partial charge is 0.444 e. The number of piperidine rings is 1. The van der Waals surface area contributed by atoms with Crippen molar-refractivity contribution in [1.82, 2.24) is 39.6 Å². The third kappa shape index (κ3) is 6.82. The molecule has 1 fully saturated rings. The average molecular weight is 559 g/mol. The van der Waals surface area contributed by atoms with E-state index in [0.29, 0.717) is 18.9 Å².